The molecule has 24 heavy (non-hydrogen) atoms. The van der Waals surface area contributed by atoms with Crippen LogP contribution in [0.3, 0.4) is 0 Å². The maximum Gasteiger partial charge on any atom is 0.357 e. The lowest BCUT2D eigenvalue weighted by Gasteiger charge is -2.35. The first-order chi connectivity index (χ1) is 11.2. The molecule has 1 aliphatic carbocycles. The number of H-pyrrole nitrogens is 1. The van der Waals surface area contributed by atoms with Gasteiger partial charge in [0.05, 0.1) is 11.8 Å². The van der Waals surface area contributed by atoms with Crippen molar-refractivity contribution in [1.82, 2.24) is 10.1 Å². The fourth-order valence-electron chi connectivity index (χ4n) is 3.80. The van der Waals surface area contributed by atoms with Crippen molar-refractivity contribution in [2.24, 2.45) is 0 Å². The molecule has 5 heteroatoms. The highest BCUT2D eigenvalue weighted by atomic mass is 35.5. The molecule has 0 radical (unpaired) electrons. The van der Waals surface area contributed by atoms with Gasteiger partial charge in [0.2, 0.25) is 0 Å². The Bertz CT molecular complexity index is 701. The van der Waals surface area contributed by atoms with Gasteiger partial charge in [-0.3, -0.25) is 0 Å². The molecule has 3 rings (SSSR count). The molecule has 4 nitrogen and oxygen atoms in total. The van der Waals surface area contributed by atoms with Gasteiger partial charge in [-0.15, -0.1) is 12.4 Å². The van der Waals surface area contributed by atoms with Crippen molar-refractivity contribution < 1.29 is 4.52 Å². The van der Waals surface area contributed by atoms with Crippen molar-refractivity contribution in [3.8, 4) is 11.3 Å². The van der Waals surface area contributed by atoms with E-state index in [1.807, 2.05) is 0 Å². The summed E-state index contributed by atoms with van der Waals surface area (Å²) in [5.41, 5.74) is 4.38. The SMILES string of the molecule is CCCN(CCC)C1CCc2cccc(-c3cc(=O)o[nH]3)c2C1.Cl. The molecule has 1 atom stereocenters. The van der Waals surface area contributed by atoms with Crippen molar-refractivity contribution in [3.05, 3.63) is 45.8 Å². The fraction of sp³-hybridized carbons (Fsp3) is 0.526. The lowest BCUT2D eigenvalue weighted by molar-refractivity contribution is 0.180. The van der Waals surface area contributed by atoms with Crippen LogP contribution in [-0.4, -0.2) is 29.2 Å². The van der Waals surface area contributed by atoms with Crippen molar-refractivity contribution in [2.45, 2.75) is 52.0 Å². The largest absolute Gasteiger partial charge is 0.357 e. The Labute approximate surface area is 149 Å². The lowest BCUT2D eigenvalue weighted by atomic mass is 9.83. The highest BCUT2D eigenvalue weighted by Crippen LogP contribution is 2.32. The number of fused-ring (bicyclic) bond motifs is 1. The minimum Gasteiger partial charge on any atom is -0.339 e. The number of hydrogen-bond acceptors (Lipinski definition) is 3. The number of aryl methyl sites for hydroxylation is 1. The molecular formula is C19H27ClN2O2. The molecule has 0 aliphatic heterocycles. The van der Waals surface area contributed by atoms with Crippen LogP contribution >= 0.6 is 12.4 Å². The summed E-state index contributed by atoms with van der Waals surface area (Å²) < 4.78 is 4.87. The average molecular weight is 351 g/mol. The van der Waals surface area contributed by atoms with Crippen molar-refractivity contribution in [3.63, 3.8) is 0 Å². The van der Waals surface area contributed by atoms with E-state index in [0.717, 1.165) is 24.1 Å². The van der Waals surface area contributed by atoms with Gasteiger partial charge >= 0.3 is 5.63 Å². The summed E-state index contributed by atoms with van der Waals surface area (Å²) in [6.45, 7) is 6.83. The smallest absolute Gasteiger partial charge is 0.339 e. The van der Waals surface area contributed by atoms with Crippen LogP contribution in [0.1, 0.15) is 44.2 Å². The molecule has 1 aromatic heterocycles. The molecular weight excluding hydrogens is 324 g/mol. The normalized spacial score (nSPS) is 16.7. The predicted molar refractivity (Wildman–Crippen MR) is 100.0 cm³/mol. The summed E-state index contributed by atoms with van der Waals surface area (Å²) in [5, 5.41) is 2.77. The zero-order valence-corrected chi connectivity index (χ0v) is 15.3. The minimum absolute atomic E-state index is 0. The Hall–Kier alpha value is -1.52. The molecule has 0 bridgehead atoms. The van der Waals surface area contributed by atoms with Crippen molar-refractivity contribution in [2.75, 3.05) is 13.1 Å². The van der Waals surface area contributed by atoms with Gasteiger partial charge in [0, 0.05) is 11.6 Å². The van der Waals surface area contributed by atoms with Gasteiger partial charge in [0.15, 0.2) is 0 Å². The quantitative estimate of drug-likeness (QED) is 0.855. The molecule has 2 aromatic rings. The van der Waals surface area contributed by atoms with Crippen LogP contribution in [0.5, 0.6) is 0 Å². The Balaban J connectivity index is 0.00000208. The molecule has 0 saturated carbocycles. The van der Waals surface area contributed by atoms with E-state index in [1.54, 1.807) is 6.07 Å². The van der Waals surface area contributed by atoms with Crippen molar-refractivity contribution in [1.29, 1.82) is 0 Å². The molecule has 132 valence electrons. The third-order valence-corrected chi connectivity index (χ3v) is 4.81. The predicted octanol–water partition coefficient (Wildman–Crippen LogP) is 4.04. The third-order valence-electron chi connectivity index (χ3n) is 4.81. The summed E-state index contributed by atoms with van der Waals surface area (Å²) in [7, 11) is 0. The third kappa shape index (κ3) is 3.93. The molecule has 1 heterocycles. The van der Waals surface area contributed by atoms with Crippen LogP contribution in [0.2, 0.25) is 0 Å². The van der Waals surface area contributed by atoms with Gasteiger partial charge in [-0.2, -0.15) is 0 Å². The van der Waals surface area contributed by atoms with Crippen LogP contribution < -0.4 is 5.63 Å². The molecule has 0 fully saturated rings. The van der Waals surface area contributed by atoms with Gasteiger partial charge in [-0.05, 0) is 56.3 Å². The molecule has 0 spiro atoms. The van der Waals surface area contributed by atoms with Gasteiger partial charge in [0.25, 0.3) is 0 Å². The zero-order chi connectivity index (χ0) is 16.2. The van der Waals surface area contributed by atoms with E-state index in [4.69, 9.17) is 4.52 Å². The Kier molecular flexibility index (Phi) is 6.69. The van der Waals surface area contributed by atoms with Crippen LogP contribution in [0, 0.1) is 0 Å². The monoisotopic (exact) mass is 350 g/mol. The molecule has 1 aliphatic rings. The zero-order valence-electron chi connectivity index (χ0n) is 14.5. The number of benzene rings is 1. The number of hydrogen-bond donors (Lipinski definition) is 1. The second kappa shape index (κ2) is 8.54. The van der Waals surface area contributed by atoms with Crippen LogP contribution in [0.15, 0.2) is 33.6 Å². The second-order valence-electron chi connectivity index (χ2n) is 6.46. The highest BCUT2D eigenvalue weighted by molar-refractivity contribution is 5.85. The first-order valence-electron chi connectivity index (χ1n) is 8.76. The molecule has 1 N–H and O–H groups in total. The topological polar surface area (TPSA) is 49.2 Å². The summed E-state index contributed by atoms with van der Waals surface area (Å²) in [4.78, 5) is 14.0. The number of nitrogens with one attached hydrogen (secondary N) is 1. The van der Waals surface area contributed by atoms with Gasteiger partial charge in [-0.25, -0.2) is 9.95 Å². The fourth-order valence-corrected chi connectivity index (χ4v) is 3.80. The van der Waals surface area contributed by atoms with E-state index in [-0.39, 0.29) is 18.0 Å². The van der Waals surface area contributed by atoms with E-state index >= 15 is 0 Å². The minimum atomic E-state index is -0.316. The van der Waals surface area contributed by atoms with E-state index in [0.29, 0.717) is 6.04 Å². The van der Waals surface area contributed by atoms with Gasteiger partial charge < -0.3 is 9.42 Å². The number of nitrogens with zero attached hydrogens (tertiary/aromatic N) is 1. The van der Waals surface area contributed by atoms with E-state index in [9.17, 15) is 4.79 Å². The van der Waals surface area contributed by atoms with E-state index in [2.05, 4.69) is 42.1 Å². The second-order valence-corrected chi connectivity index (χ2v) is 6.46. The summed E-state index contributed by atoms with van der Waals surface area (Å²) >= 11 is 0. The van der Waals surface area contributed by atoms with E-state index in [1.165, 1.54) is 43.5 Å². The summed E-state index contributed by atoms with van der Waals surface area (Å²) in [6.07, 6.45) is 5.77. The van der Waals surface area contributed by atoms with Crippen LogP contribution in [-0.2, 0) is 12.8 Å². The molecule has 0 amide bonds. The first kappa shape index (κ1) is 18.8. The lowest BCUT2D eigenvalue weighted by Crippen LogP contribution is -2.40. The molecule has 1 aromatic carbocycles. The Morgan fingerprint density at radius 2 is 2.00 bits per heavy atom. The van der Waals surface area contributed by atoms with E-state index < -0.39 is 0 Å². The van der Waals surface area contributed by atoms with Crippen LogP contribution in [0.25, 0.3) is 11.3 Å². The maximum absolute atomic E-state index is 11.4. The summed E-state index contributed by atoms with van der Waals surface area (Å²) in [6, 6.07) is 8.54. The molecule has 0 saturated heterocycles. The maximum atomic E-state index is 11.4. The number of halogens is 1. The number of rotatable bonds is 6. The first-order valence-corrected chi connectivity index (χ1v) is 8.76. The van der Waals surface area contributed by atoms with Crippen molar-refractivity contribution >= 4 is 12.4 Å². The number of aromatic amines is 1. The van der Waals surface area contributed by atoms with Gasteiger partial charge in [0.1, 0.15) is 0 Å². The van der Waals surface area contributed by atoms with Gasteiger partial charge in [-0.1, -0.05) is 32.0 Å². The van der Waals surface area contributed by atoms with Crippen LogP contribution in [0.4, 0.5) is 0 Å². The highest BCUT2D eigenvalue weighted by Gasteiger charge is 2.25. The number of aromatic nitrogens is 1. The summed E-state index contributed by atoms with van der Waals surface area (Å²) in [5.74, 6) is 0. The Morgan fingerprint density at radius 3 is 2.62 bits per heavy atom. The molecule has 1 unspecified atom stereocenters. The standard InChI is InChI=1S/C19H26N2O2.ClH/c1-3-10-21(11-4-2)15-9-8-14-6-5-7-16(17(14)12-15)18-13-19(22)23-20-18;/h5-7,13,15,20H,3-4,8-12H2,1-2H3;1H. The Morgan fingerprint density at radius 1 is 1.25 bits per heavy atom. The average Bonchev–Trinajstić information content (AvgIpc) is 3.00.